The normalized spacial score (nSPS) is 21.3. The van der Waals surface area contributed by atoms with Crippen LogP contribution in [0.1, 0.15) is 12.5 Å². The zero-order chi connectivity index (χ0) is 17.7. The Kier molecular flexibility index (Phi) is 5.80. The number of hydrogen-bond donors (Lipinski definition) is 1. The van der Waals surface area contributed by atoms with Crippen LogP contribution in [0.15, 0.2) is 24.3 Å². The molecule has 1 amide bonds. The minimum atomic E-state index is -1.00. The second-order valence-corrected chi connectivity index (χ2v) is 6.32. The standard InChI is InChI=1S/C17H24N2O5/c1-17(16(22)18(2)3)12-19(8-9-24-17)10-13-4-6-14(7-5-13)23-11-15(20)21/h4-7H,8-12H2,1-3H3,(H,20,21)/t17-/m1/s1. The first-order valence-electron chi connectivity index (χ1n) is 7.82. The van der Waals surface area contributed by atoms with Gasteiger partial charge in [-0.25, -0.2) is 4.79 Å². The van der Waals surface area contributed by atoms with Crippen molar-refractivity contribution in [3.8, 4) is 5.75 Å². The van der Waals surface area contributed by atoms with Crippen molar-refractivity contribution in [3.05, 3.63) is 29.8 Å². The van der Waals surface area contributed by atoms with Crippen LogP contribution >= 0.6 is 0 Å². The van der Waals surface area contributed by atoms with Gasteiger partial charge in [-0.05, 0) is 24.6 Å². The van der Waals surface area contributed by atoms with E-state index in [2.05, 4.69) is 4.90 Å². The number of rotatable bonds is 6. The Morgan fingerprint density at radius 3 is 2.58 bits per heavy atom. The van der Waals surface area contributed by atoms with Crippen LogP contribution in [-0.2, 0) is 20.9 Å². The van der Waals surface area contributed by atoms with E-state index in [-0.39, 0.29) is 12.5 Å². The Bertz CT molecular complexity index is 587. The van der Waals surface area contributed by atoms with Crippen LogP contribution in [0.25, 0.3) is 0 Å². The lowest BCUT2D eigenvalue weighted by Crippen LogP contribution is -2.57. The van der Waals surface area contributed by atoms with Crippen LogP contribution in [0.2, 0.25) is 0 Å². The predicted octanol–water partition coefficient (Wildman–Crippen LogP) is 0.829. The summed E-state index contributed by atoms with van der Waals surface area (Å²) in [7, 11) is 3.46. The lowest BCUT2D eigenvalue weighted by atomic mass is 10.0. The molecule has 1 aliphatic rings. The van der Waals surface area contributed by atoms with Gasteiger partial charge in [0.2, 0.25) is 0 Å². The van der Waals surface area contributed by atoms with Gasteiger partial charge in [0.1, 0.15) is 5.75 Å². The van der Waals surface area contributed by atoms with E-state index in [0.29, 0.717) is 25.4 Å². The highest BCUT2D eigenvalue weighted by molar-refractivity contribution is 5.84. The molecule has 7 nitrogen and oxygen atoms in total. The summed E-state index contributed by atoms with van der Waals surface area (Å²) in [6, 6.07) is 7.31. The number of carbonyl (C=O) groups is 2. The van der Waals surface area contributed by atoms with Crippen molar-refractivity contribution in [2.45, 2.75) is 19.1 Å². The first-order valence-corrected chi connectivity index (χ1v) is 7.82. The van der Waals surface area contributed by atoms with Crippen LogP contribution in [0.3, 0.4) is 0 Å². The minimum Gasteiger partial charge on any atom is -0.482 e. The molecular weight excluding hydrogens is 312 g/mol. The van der Waals surface area contributed by atoms with Crippen LogP contribution in [0.4, 0.5) is 0 Å². The molecule has 132 valence electrons. The molecule has 1 N–H and O–H groups in total. The van der Waals surface area contributed by atoms with E-state index in [1.807, 2.05) is 19.1 Å². The van der Waals surface area contributed by atoms with Gasteiger partial charge in [-0.15, -0.1) is 0 Å². The van der Waals surface area contributed by atoms with E-state index in [0.717, 1.165) is 12.1 Å². The van der Waals surface area contributed by atoms with Gasteiger partial charge in [-0.2, -0.15) is 0 Å². The summed E-state index contributed by atoms with van der Waals surface area (Å²) in [5, 5.41) is 8.60. The number of ether oxygens (including phenoxy) is 2. The number of benzene rings is 1. The number of morpholine rings is 1. The fraction of sp³-hybridized carbons (Fsp3) is 0.529. The molecule has 0 aromatic heterocycles. The van der Waals surface area contributed by atoms with Gasteiger partial charge in [0.25, 0.3) is 5.91 Å². The zero-order valence-electron chi connectivity index (χ0n) is 14.3. The number of aliphatic carboxylic acids is 1. The van der Waals surface area contributed by atoms with E-state index >= 15 is 0 Å². The number of carboxylic acid groups (broad SMARTS) is 1. The first kappa shape index (κ1) is 18.2. The van der Waals surface area contributed by atoms with Gasteiger partial charge in [0, 0.05) is 33.7 Å². The van der Waals surface area contributed by atoms with Gasteiger partial charge in [-0.3, -0.25) is 9.69 Å². The maximum Gasteiger partial charge on any atom is 0.341 e. The summed E-state index contributed by atoms with van der Waals surface area (Å²) in [5.74, 6) is -0.516. The van der Waals surface area contributed by atoms with Crippen molar-refractivity contribution in [2.75, 3.05) is 40.4 Å². The van der Waals surface area contributed by atoms with Crippen LogP contribution in [-0.4, -0.2) is 72.8 Å². The van der Waals surface area contributed by atoms with Gasteiger partial charge in [0.05, 0.1) is 6.61 Å². The van der Waals surface area contributed by atoms with Gasteiger partial charge in [-0.1, -0.05) is 12.1 Å². The smallest absolute Gasteiger partial charge is 0.341 e. The molecule has 0 unspecified atom stereocenters. The molecule has 1 atom stereocenters. The molecule has 0 saturated carbocycles. The van der Waals surface area contributed by atoms with E-state index in [4.69, 9.17) is 14.6 Å². The molecule has 1 aromatic carbocycles. The molecule has 0 spiro atoms. The number of hydrogen-bond acceptors (Lipinski definition) is 5. The fourth-order valence-corrected chi connectivity index (χ4v) is 2.78. The Balaban J connectivity index is 1.95. The van der Waals surface area contributed by atoms with E-state index in [9.17, 15) is 9.59 Å². The third kappa shape index (κ3) is 4.69. The zero-order valence-corrected chi connectivity index (χ0v) is 14.3. The Labute approximate surface area is 141 Å². The highest BCUT2D eigenvalue weighted by atomic mass is 16.5. The molecule has 0 aliphatic carbocycles. The maximum atomic E-state index is 12.3. The number of amides is 1. The number of nitrogens with zero attached hydrogens (tertiary/aromatic N) is 2. The second-order valence-electron chi connectivity index (χ2n) is 6.32. The van der Waals surface area contributed by atoms with Crippen molar-refractivity contribution in [2.24, 2.45) is 0 Å². The lowest BCUT2D eigenvalue weighted by Gasteiger charge is -2.40. The number of carboxylic acids is 1. The molecule has 2 rings (SSSR count). The Morgan fingerprint density at radius 1 is 1.33 bits per heavy atom. The maximum absolute atomic E-state index is 12.3. The largest absolute Gasteiger partial charge is 0.482 e. The van der Waals surface area contributed by atoms with Crippen LogP contribution in [0.5, 0.6) is 5.75 Å². The minimum absolute atomic E-state index is 0.0374. The topological polar surface area (TPSA) is 79.3 Å². The Hall–Kier alpha value is -2.12. The summed E-state index contributed by atoms with van der Waals surface area (Å²) in [5.41, 5.74) is 0.242. The van der Waals surface area contributed by atoms with Crippen molar-refractivity contribution >= 4 is 11.9 Å². The molecule has 24 heavy (non-hydrogen) atoms. The van der Waals surface area contributed by atoms with Crippen LogP contribution in [0, 0.1) is 0 Å². The van der Waals surface area contributed by atoms with Gasteiger partial charge < -0.3 is 19.5 Å². The molecule has 1 heterocycles. The van der Waals surface area contributed by atoms with Crippen molar-refractivity contribution in [1.82, 2.24) is 9.80 Å². The molecule has 1 aromatic rings. The lowest BCUT2D eigenvalue weighted by molar-refractivity contribution is -0.165. The summed E-state index contributed by atoms with van der Waals surface area (Å²) in [6.07, 6.45) is 0. The molecular formula is C17H24N2O5. The number of carbonyl (C=O) groups excluding carboxylic acids is 1. The summed E-state index contributed by atoms with van der Waals surface area (Å²) >= 11 is 0. The van der Waals surface area contributed by atoms with E-state index < -0.39 is 11.6 Å². The summed E-state index contributed by atoms with van der Waals surface area (Å²) in [6.45, 7) is 3.96. The third-order valence-corrected chi connectivity index (χ3v) is 3.90. The highest BCUT2D eigenvalue weighted by Gasteiger charge is 2.40. The van der Waals surface area contributed by atoms with E-state index in [1.54, 1.807) is 31.1 Å². The molecule has 0 bridgehead atoms. The monoisotopic (exact) mass is 336 g/mol. The van der Waals surface area contributed by atoms with Crippen molar-refractivity contribution < 1.29 is 24.2 Å². The van der Waals surface area contributed by atoms with Crippen LogP contribution < -0.4 is 4.74 Å². The SMILES string of the molecule is CN(C)C(=O)[C@@]1(C)CN(Cc2ccc(OCC(=O)O)cc2)CCO1. The first-order chi connectivity index (χ1) is 11.3. The van der Waals surface area contributed by atoms with E-state index in [1.165, 1.54) is 0 Å². The predicted molar refractivity (Wildman–Crippen MR) is 87.9 cm³/mol. The quantitative estimate of drug-likeness (QED) is 0.829. The third-order valence-electron chi connectivity index (χ3n) is 3.90. The molecule has 1 fully saturated rings. The average Bonchev–Trinajstić information content (AvgIpc) is 2.53. The van der Waals surface area contributed by atoms with Crippen molar-refractivity contribution in [1.29, 1.82) is 0 Å². The highest BCUT2D eigenvalue weighted by Crippen LogP contribution is 2.22. The summed E-state index contributed by atoms with van der Waals surface area (Å²) < 4.78 is 10.8. The second kappa shape index (κ2) is 7.63. The average molecular weight is 336 g/mol. The Morgan fingerprint density at radius 2 is 2.00 bits per heavy atom. The molecule has 7 heteroatoms. The molecule has 0 radical (unpaired) electrons. The van der Waals surface area contributed by atoms with Gasteiger partial charge >= 0.3 is 5.97 Å². The molecule has 1 aliphatic heterocycles. The van der Waals surface area contributed by atoms with Crippen molar-refractivity contribution in [3.63, 3.8) is 0 Å². The number of likely N-dealkylation sites (N-methyl/N-ethyl adjacent to an activating group) is 1. The molecule has 1 saturated heterocycles. The summed E-state index contributed by atoms with van der Waals surface area (Å²) in [4.78, 5) is 26.5. The fourth-order valence-electron chi connectivity index (χ4n) is 2.78. The van der Waals surface area contributed by atoms with Gasteiger partial charge in [0.15, 0.2) is 12.2 Å².